The molecule has 10 nitrogen and oxygen atoms in total. The largest absolute Gasteiger partial charge is 0.318 e. The number of hydrogen-bond donors (Lipinski definition) is 1. The molecule has 2 aliphatic rings. The molecular formula is C28H26ClFN8O2. The quantitative estimate of drug-likeness (QED) is 0.370. The van der Waals surface area contributed by atoms with Crippen molar-refractivity contribution in [2.45, 2.75) is 40.7 Å². The van der Waals surface area contributed by atoms with Gasteiger partial charge in [-0.3, -0.25) is 24.2 Å². The van der Waals surface area contributed by atoms with E-state index in [1.165, 1.54) is 18.5 Å². The maximum absolute atomic E-state index is 14.8. The van der Waals surface area contributed by atoms with Crippen molar-refractivity contribution in [2.75, 3.05) is 16.8 Å². The molecule has 4 heterocycles. The Labute approximate surface area is 234 Å². The van der Waals surface area contributed by atoms with Crippen molar-refractivity contribution in [3.63, 3.8) is 0 Å². The van der Waals surface area contributed by atoms with Gasteiger partial charge in [-0.05, 0) is 62.8 Å². The van der Waals surface area contributed by atoms with Crippen LogP contribution >= 0.6 is 11.6 Å². The highest BCUT2D eigenvalue weighted by Crippen LogP contribution is 2.47. The second-order valence-electron chi connectivity index (χ2n) is 10.4. The van der Waals surface area contributed by atoms with E-state index in [9.17, 15) is 14.0 Å². The van der Waals surface area contributed by atoms with Crippen LogP contribution in [0.1, 0.15) is 45.0 Å². The van der Waals surface area contributed by atoms with Gasteiger partial charge < -0.3 is 5.32 Å². The van der Waals surface area contributed by atoms with Crippen LogP contribution in [0.4, 0.5) is 15.9 Å². The zero-order valence-corrected chi connectivity index (χ0v) is 23.1. The number of amides is 2. The van der Waals surface area contributed by atoms with Crippen LogP contribution in [0.3, 0.4) is 0 Å². The summed E-state index contributed by atoms with van der Waals surface area (Å²) in [5.74, 6) is 0.247. The number of carbonyl (C=O) groups excluding carboxylic acids is 2. The number of piperidine rings is 1. The van der Waals surface area contributed by atoms with E-state index in [0.717, 1.165) is 17.5 Å². The second-order valence-corrected chi connectivity index (χ2v) is 10.8. The molecule has 0 unspecified atom stereocenters. The molecule has 12 heteroatoms. The summed E-state index contributed by atoms with van der Waals surface area (Å²) < 4.78 is 16.4. The fourth-order valence-electron chi connectivity index (χ4n) is 5.12. The number of fused-ring (bicyclic) bond motifs is 1. The van der Waals surface area contributed by atoms with Crippen molar-refractivity contribution in [1.82, 2.24) is 29.9 Å². The van der Waals surface area contributed by atoms with E-state index >= 15 is 0 Å². The molecule has 0 spiro atoms. The Bertz CT molecular complexity index is 1700. The number of aromatic nitrogens is 6. The van der Waals surface area contributed by atoms with Crippen LogP contribution in [0.25, 0.3) is 11.3 Å². The van der Waals surface area contributed by atoms with E-state index in [-0.39, 0.29) is 33.8 Å². The number of aryl methyl sites for hydroxylation is 2. The van der Waals surface area contributed by atoms with Crippen molar-refractivity contribution in [3.8, 4) is 11.3 Å². The third kappa shape index (κ3) is 4.49. The van der Waals surface area contributed by atoms with Crippen molar-refractivity contribution in [1.29, 1.82) is 0 Å². The molecule has 0 radical (unpaired) electrons. The van der Waals surface area contributed by atoms with Crippen LogP contribution in [-0.2, 0) is 11.3 Å². The zero-order chi connectivity index (χ0) is 28.3. The van der Waals surface area contributed by atoms with Crippen LogP contribution in [0, 0.1) is 45.3 Å². The van der Waals surface area contributed by atoms with Crippen LogP contribution in [0.2, 0.25) is 5.02 Å². The summed E-state index contributed by atoms with van der Waals surface area (Å²) >= 11 is 5.97. The summed E-state index contributed by atoms with van der Waals surface area (Å²) in [4.78, 5) is 36.0. The lowest BCUT2D eigenvalue weighted by Gasteiger charge is -2.20. The fourth-order valence-corrected chi connectivity index (χ4v) is 5.28. The molecule has 3 aromatic heterocycles. The van der Waals surface area contributed by atoms with Gasteiger partial charge >= 0.3 is 0 Å². The third-order valence-electron chi connectivity index (χ3n) is 7.71. The Kier molecular flexibility index (Phi) is 6.33. The molecule has 6 rings (SSSR count). The summed E-state index contributed by atoms with van der Waals surface area (Å²) in [6.45, 7) is 8.33. The fraction of sp³-hybridized carbons (Fsp3) is 0.321. The summed E-state index contributed by atoms with van der Waals surface area (Å²) in [5, 5.41) is 15.9. The summed E-state index contributed by atoms with van der Waals surface area (Å²) in [6.07, 6.45) is 5.59. The topological polar surface area (TPSA) is 119 Å². The normalized spacial score (nSPS) is 17.8. The van der Waals surface area contributed by atoms with Crippen molar-refractivity contribution >= 4 is 34.9 Å². The molecule has 1 N–H and O–H groups in total. The number of anilines is 2. The highest BCUT2D eigenvalue weighted by Gasteiger charge is 2.53. The smallest absolute Gasteiger partial charge is 0.276 e. The SMILES string of the molecule is Cc1ccc(Cl)c(F)c1-c1cnc(C)c(C(=O)Nc2cnn(Cc3nnc(N4C[C@H]5C[C@H]5C4=O)c(C)c3C)c2)n1. The minimum Gasteiger partial charge on any atom is -0.318 e. The van der Waals surface area contributed by atoms with Gasteiger partial charge in [-0.1, -0.05) is 17.7 Å². The molecule has 2 atom stereocenters. The van der Waals surface area contributed by atoms with Gasteiger partial charge in [-0.25, -0.2) is 9.37 Å². The number of nitrogens with zero attached hydrogens (tertiary/aromatic N) is 7. The van der Waals surface area contributed by atoms with Gasteiger partial charge in [0.1, 0.15) is 5.69 Å². The molecule has 0 bridgehead atoms. The minimum atomic E-state index is -0.613. The maximum atomic E-state index is 14.8. The number of halogens is 2. The Morgan fingerprint density at radius 1 is 1.15 bits per heavy atom. The molecule has 2 amide bonds. The molecule has 1 aliphatic heterocycles. The van der Waals surface area contributed by atoms with E-state index in [2.05, 4.69) is 30.6 Å². The molecule has 1 aromatic carbocycles. The average molecular weight is 561 g/mol. The number of carbonyl (C=O) groups is 2. The predicted molar refractivity (Wildman–Crippen MR) is 147 cm³/mol. The first kappa shape index (κ1) is 26.0. The maximum Gasteiger partial charge on any atom is 0.276 e. The highest BCUT2D eigenvalue weighted by atomic mass is 35.5. The number of hydrogen-bond acceptors (Lipinski definition) is 7. The molecule has 4 aromatic rings. The monoisotopic (exact) mass is 560 g/mol. The van der Waals surface area contributed by atoms with E-state index in [0.29, 0.717) is 47.5 Å². The predicted octanol–water partition coefficient (Wildman–Crippen LogP) is 4.44. The van der Waals surface area contributed by atoms with Crippen LogP contribution in [0.5, 0.6) is 0 Å². The lowest BCUT2D eigenvalue weighted by atomic mass is 10.0. The molecule has 204 valence electrons. The molecule has 1 aliphatic carbocycles. The first-order chi connectivity index (χ1) is 19.1. The first-order valence-corrected chi connectivity index (χ1v) is 13.3. The Morgan fingerprint density at radius 2 is 1.95 bits per heavy atom. The van der Waals surface area contributed by atoms with E-state index in [4.69, 9.17) is 11.6 Å². The minimum absolute atomic E-state index is 0.0351. The average Bonchev–Trinajstić information content (AvgIpc) is 3.45. The zero-order valence-electron chi connectivity index (χ0n) is 22.4. The summed E-state index contributed by atoms with van der Waals surface area (Å²) in [6, 6.07) is 3.16. The van der Waals surface area contributed by atoms with Crippen molar-refractivity contribution in [3.05, 3.63) is 75.3 Å². The van der Waals surface area contributed by atoms with E-state index < -0.39 is 11.7 Å². The van der Waals surface area contributed by atoms with Gasteiger partial charge in [0.15, 0.2) is 11.6 Å². The Balaban J connectivity index is 1.18. The van der Waals surface area contributed by atoms with Gasteiger partial charge in [0.2, 0.25) is 5.91 Å². The van der Waals surface area contributed by atoms with Crippen LogP contribution in [0.15, 0.2) is 30.7 Å². The van der Waals surface area contributed by atoms with E-state index in [1.807, 2.05) is 13.8 Å². The number of nitrogens with one attached hydrogen (secondary N) is 1. The van der Waals surface area contributed by atoms with Gasteiger partial charge in [0, 0.05) is 24.2 Å². The van der Waals surface area contributed by atoms with Crippen molar-refractivity contribution < 1.29 is 14.0 Å². The molecule has 1 saturated carbocycles. The molecule has 2 fully saturated rings. The van der Waals surface area contributed by atoms with Gasteiger partial charge in [0.05, 0.1) is 46.7 Å². The highest BCUT2D eigenvalue weighted by molar-refractivity contribution is 6.31. The Hall–Kier alpha value is -4.25. The first-order valence-electron chi connectivity index (χ1n) is 12.9. The molecule has 40 heavy (non-hydrogen) atoms. The standard InChI is InChI=1S/C28H26ClFN8O2/c1-13-5-6-20(29)24(30)23(13)21-9-31-16(4)25(34-21)27(39)33-18-8-32-37(11-18)12-22-14(2)15(3)26(36-35-22)38-10-17-7-19(17)28(38)40/h5-6,8-9,11,17,19H,7,10,12H2,1-4H3,(H,33,39)/t17-,19-/m1/s1. The van der Waals surface area contributed by atoms with Crippen LogP contribution < -0.4 is 10.2 Å². The van der Waals surface area contributed by atoms with E-state index in [1.54, 1.807) is 35.7 Å². The molecular weight excluding hydrogens is 535 g/mol. The third-order valence-corrected chi connectivity index (χ3v) is 8.00. The van der Waals surface area contributed by atoms with Crippen molar-refractivity contribution in [2.24, 2.45) is 11.8 Å². The lowest BCUT2D eigenvalue weighted by molar-refractivity contribution is -0.118. The molecule has 1 saturated heterocycles. The van der Waals surface area contributed by atoms with Gasteiger partial charge in [-0.15, -0.1) is 5.10 Å². The second kappa shape index (κ2) is 9.74. The Morgan fingerprint density at radius 3 is 2.70 bits per heavy atom. The lowest BCUT2D eigenvalue weighted by Crippen LogP contribution is -2.30. The van der Waals surface area contributed by atoms with Gasteiger partial charge in [0.25, 0.3) is 5.91 Å². The summed E-state index contributed by atoms with van der Waals surface area (Å²) in [5.41, 5.74) is 4.50. The number of benzene rings is 1. The van der Waals surface area contributed by atoms with Gasteiger partial charge in [-0.2, -0.15) is 10.2 Å². The number of rotatable bonds is 6. The summed E-state index contributed by atoms with van der Waals surface area (Å²) in [7, 11) is 0. The van der Waals surface area contributed by atoms with Crippen LogP contribution in [-0.4, -0.2) is 48.3 Å².